The number of hydrogen-bond acceptors (Lipinski definition) is 4. The van der Waals surface area contributed by atoms with Crippen LogP contribution in [0.4, 0.5) is 0 Å². The third-order valence-electron chi connectivity index (χ3n) is 4.37. The summed E-state index contributed by atoms with van der Waals surface area (Å²) >= 11 is 1.53. The summed E-state index contributed by atoms with van der Waals surface area (Å²) < 4.78 is 1.67. The van der Waals surface area contributed by atoms with E-state index in [1.807, 2.05) is 29.3 Å². The molecule has 23 heavy (non-hydrogen) atoms. The standard InChI is InChI=1S/C16H22N4O2S/c1-2-4-14(21)19-8-6-12(7-9-19)11-13-17-18-16(22)20(13)15-5-3-10-23-15/h3,5,10,12H,2,4,6-9,11H2,1H3,(H,18,22). The van der Waals surface area contributed by atoms with E-state index in [2.05, 4.69) is 10.2 Å². The van der Waals surface area contributed by atoms with Crippen molar-refractivity contribution < 1.29 is 4.79 Å². The van der Waals surface area contributed by atoms with Crippen LogP contribution in [0.5, 0.6) is 0 Å². The highest BCUT2D eigenvalue weighted by atomic mass is 32.1. The van der Waals surface area contributed by atoms with Crippen molar-refractivity contribution in [2.45, 2.75) is 39.0 Å². The van der Waals surface area contributed by atoms with Gasteiger partial charge in [-0.2, -0.15) is 5.10 Å². The molecular formula is C16H22N4O2S. The van der Waals surface area contributed by atoms with Crippen molar-refractivity contribution >= 4 is 17.2 Å². The molecule has 7 heteroatoms. The minimum atomic E-state index is -0.182. The van der Waals surface area contributed by atoms with Crippen molar-refractivity contribution in [1.29, 1.82) is 0 Å². The maximum Gasteiger partial charge on any atom is 0.348 e. The van der Waals surface area contributed by atoms with E-state index in [4.69, 9.17) is 0 Å². The fraction of sp³-hybridized carbons (Fsp3) is 0.562. The summed E-state index contributed by atoms with van der Waals surface area (Å²) in [5, 5.41) is 9.61. The molecule has 0 aliphatic carbocycles. The number of thiophene rings is 1. The molecule has 1 amide bonds. The number of carbonyl (C=O) groups is 1. The van der Waals surface area contributed by atoms with Crippen molar-refractivity contribution in [2.75, 3.05) is 13.1 Å². The number of rotatable bonds is 5. The number of amides is 1. The van der Waals surface area contributed by atoms with Gasteiger partial charge in [0.15, 0.2) is 0 Å². The van der Waals surface area contributed by atoms with Gasteiger partial charge in [0.25, 0.3) is 0 Å². The Morgan fingerprint density at radius 3 is 2.87 bits per heavy atom. The van der Waals surface area contributed by atoms with Crippen molar-refractivity contribution in [3.05, 3.63) is 33.8 Å². The molecule has 6 nitrogen and oxygen atoms in total. The van der Waals surface area contributed by atoms with Gasteiger partial charge in [-0.1, -0.05) is 6.92 Å². The molecule has 124 valence electrons. The summed E-state index contributed by atoms with van der Waals surface area (Å²) in [6, 6.07) is 3.86. The lowest BCUT2D eigenvalue weighted by atomic mass is 9.93. The zero-order valence-electron chi connectivity index (χ0n) is 13.3. The molecule has 0 atom stereocenters. The average Bonchev–Trinajstić information content (AvgIpc) is 3.18. The third-order valence-corrected chi connectivity index (χ3v) is 5.22. The lowest BCUT2D eigenvalue weighted by molar-refractivity contribution is -0.132. The molecule has 0 bridgehead atoms. The number of hydrogen-bond donors (Lipinski definition) is 1. The Morgan fingerprint density at radius 2 is 2.22 bits per heavy atom. The maximum atomic E-state index is 12.0. The fourth-order valence-corrected chi connectivity index (χ4v) is 3.85. The number of aromatic amines is 1. The van der Waals surface area contributed by atoms with Crippen LogP contribution in [0.25, 0.3) is 5.00 Å². The number of carbonyl (C=O) groups excluding carboxylic acids is 1. The van der Waals surface area contributed by atoms with E-state index in [1.54, 1.807) is 4.57 Å². The largest absolute Gasteiger partial charge is 0.348 e. The predicted molar refractivity (Wildman–Crippen MR) is 90.0 cm³/mol. The number of H-pyrrole nitrogens is 1. The van der Waals surface area contributed by atoms with Crippen molar-refractivity contribution in [3.8, 4) is 5.00 Å². The van der Waals surface area contributed by atoms with Gasteiger partial charge >= 0.3 is 5.69 Å². The first kappa shape index (κ1) is 16.0. The lowest BCUT2D eigenvalue weighted by Gasteiger charge is -2.31. The Hall–Kier alpha value is -1.89. The van der Waals surface area contributed by atoms with E-state index in [-0.39, 0.29) is 11.6 Å². The summed E-state index contributed by atoms with van der Waals surface area (Å²) in [6.07, 6.45) is 4.26. The van der Waals surface area contributed by atoms with Crippen LogP contribution in [0.15, 0.2) is 22.3 Å². The second-order valence-electron chi connectivity index (χ2n) is 6.01. The number of nitrogens with zero attached hydrogens (tertiary/aromatic N) is 3. The Kier molecular flexibility index (Phi) is 4.95. The number of piperidine rings is 1. The molecule has 3 rings (SSSR count). The van der Waals surface area contributed by atoms with Crippen molar-refractivity contribution in [2.24, 2.45) is 5.92 Å². The molecule has 2 aromatic heterocycles. The van der Waals surface area contributed by atoms with Gasteiger partial charge in [0.05, 0.1) is 0 Å². The monoisotopic (exact) mass is 334 g/mol. The van der Waals surface area contributed by atoms with Gasteiger partial charge in [0.1, 0.15) is 10.8 Å². The first-order chi connectivity index (χ1) is 11.2. The minimum Gasteiger partial charge on any atom is -0.343 e. The van der Waals surface area contributed by atoms with Gasteiger partial charge in [-0.05, 0) is 42.7 Å². The molecule has 0 spiro atoms. The Morgan fingerprint density at radius 1 is 1.43 bits per heavy atom. The summed E-state index contributed by atoms with van der Waals surface area (Å²) in [6.45, 7) is 3.67. The topological polar surface area (TPSA) is 71.0 Å². The molecule has 0 saturated carbocycles. The van der Waals surface area contributed by atoms with Gasteiger partial charge in [0.2, 0.25) is 5.91 Å². The number of likely N-dealkylation sites (tertiary alicyclic amines) is 1. The van der Waals surface area contributed by atoms with Gasteiger partial charge < -0.3 is 4.90 Å². The Labute approximate surface area is 139 Å². The highest BCUT2D eigenvalue weighted by Gasteiger charge is 2.24. The summed E-state index contributed by atoms with van der Waals surface area (Å²) in [4.78, 5) is 25.9. The fourth-order valence-electron chi connectivity index (χ4n) is 3.11. The molecule has 1 aliphatic rings. The summed E-state index contributed by atoms with van der Waals surface area (Å²) in [5.74, 6) is 1.52. The SMILES string of the molecule is CCCC(=O)N1CCC(Cc2n[nH]c(=O)n2-c2cccs2)CC1. The van der Waals surface area contributed by atoms with E-state index >= 15 is 0 Å². The van der Waals surface area contributed by atoms with Gasteiger partial charge in [0, 0.05) is 25.9 Å². The highest BCUT2D eigenvalue weighted by Crippen LogP contribution is 2.23. The minimum absolute atomic E-state index is 0.182. The molecule has 1 N–H and O–H groups in total. The first-order valence-electron chi connectivity index (χ1n) is 8.17. The average molecular weight is 334 g/mol. The molecule has 0 aromatic carbocycles. The normalized spacial score (nSPS) is 16.0. The first-order valence-corrected chi connectivity index (χ1v) is 9.05. The summed E-state index contributed by atoms with van der Waals surface area (Å²) in [7, 11) is 0. The highest BCUT2D eigenvalue weighted by molar-refractivity contribution is 7.12. The van der Waals surface area contributed by atoms with Crippen LogP contribution in [-0.2, 0) is 11.2 Å². The molecule has 1 saturated heterocycles. The molecule has 1 fully saturated rings. The summed E-state index contributed by atoms with van der Waals surface area (Å²) in [5.41, 5.74) is -0.182. The van der Waals surface area contributed by atoms with Crippen LogP contribution < -0.4 is 5.69 Å². The van der Waals surface area contributed by atoms with E-state index in [9.17, 15) is 9.59 Å². The second kappa shape index (κ2) is 7.12. The molecule has 3 heterocycles. The smallest absolute Gasteiger partial charge is 0.343 e. The van der Waals surface area contributed by atoms with Gasteiger partial charge in [-0.3, -0.25) is 4.79 Å². The van der Waals surface area contributed by atoms with E-state index in [1.165, 1.54) is 11.3 Å². The van der Waals surface area contributed by atoms with Crippen LogP contribution in [0.2, 0.25) is 0 Å². The zero-order chi connectivity index (χ0) is 16.2. The van der Waals surface area contributed by atoms with Crippen LogP contribution in [0.3, 0.4) is 0 Å². The van der Waals surface area contributed by atoms with E-state index < -0.39 is 0 Å². The Bertz CT molecular complexity index is 696. The lowest BCUT2D eigenvalue weighted by Crippen LogP contribution is -2.38. The number of aromatic nitrogens is 3. The third kappa shape index (κ3) is 3.55. The van der Waals surface area contributed by atoms with E-state index in [0.29, 0.717) is 12.3 Å². The molecular weight excluding hydrogens is 312 g/mol. The quantitative estimate of drug-likeness (QED) is 0.911. The number of nitrogens with one attached hydrogen (secondary N) is 1. The van der Waals surface area contributed by atoms with Crippen LogP contribution in [0, 0.1) is 5.92 Å². The molecule has 0 radical (unpaired) electrons. The van der Waals surface area contributed by atoms with Crippen molar-refractivity contribution in [1.82, 2.24) is 19.7 Å². The maximum absolute atomic E-state index is 12.0. The van der Waals surface area contributed by atoms with Crippen LogP contribution >= 0.6 is 11.3 Å². The second-order valence-corrected chi connectivity index (χ2v) is 6.94. The zero-order valence-corrected chi connectivity index (χ0v) is 14.1. The molecule has 2 aromatic rings. The van der Waals surface area contributed by atoms with Crippen LogP contribution in [0.1, 0.15) is 38.4 Å². The predicted octanol–water partition coefficient (Wildman–Crippen LogP) is 2.20. The van der Waals surface area contributed by atoms with Crippen LogP contribution in [-0.4, -0.2) is 38.7 Å². The van der Waals surface area contributed by atoms with E-state index in [0.717, 1.165) is 49.6 Å². The van der Waals surface area contributed by atoms with Crippen molar-refractivity contribution in [3.63, 3.8) is 0 Å². The van der Waals surface area contributed by atoms with Gasteiger partial charge in [-0.15, -0.1) is 11.3 Å². The Balaban J connectivity index is 1.64. The molecule has 0 unspecified atom stereocenters. The van der Waals surface area contributed by atoms with Gasteiger partial charge in [-0.25, -0.2) is 14.5 Å². The molecule has 1 aliphatic heterocycles.